The molecule has 1 aromatic rings. The van der Waals surface area contributed by atoms with Crippen LogP contribution in [0.1, 0.15) is 29.7 Å². The molecule has 0 aromatic heterocycles. The Bertz CT molecular complexity index is 480. The summed E-state index contributed by atoms with van der Waals surface area (Å²) >= 11 is 0. The SMILES string of the molecule is CCNC(CS(C)(=O)=O)c1cc(C)ccc1C. The Morgan fingerprint density at radius 3 is 2.47 bits per heavy atom. The van der Waals surface area contributed by atoms with E-state index in [0.29, 0.717) is 0 Å². The molecule has 0 spiro atoms. The van der Waals surface area contributed by atoms with E-state index in [4.69, 9.17) is 0 Å². The topological polar surface area (TPSA) is 46.2 Å². The normalized spacial score (nSPS) is 13.6. The van der Waals surface area contributed by atoms with Gasteiger partial charge < -0.3 is 5.32 Å². The maximum Gasteiger partial charge on any atom is 0.149 e. The molecule has 0 aliphatic rings. The third-order valence-corrected chi connectivity index (χ3v) is 3.67. The highest BCUT2D eigenvalue weighted by atomic mass is 32.2. The van der Waals surface area contributed by atoms with Crippen molar-refractivity contribution in [1.82, 2.24) is 5.32 Å². The van der Waals surface area contributed by atoms with Crippen molar-refractivity contribution in [3.05, 3.63) is 34.9 Å². The second-order valence-electron chi connectivity index (χ2n) is 4.56. The average molecular weight is 255 g/mol. The molecule has 0 aliphatic heterocycles. The zero-order chi connectivity index (χ0) is 13.1. The van der Waals surface area contributed by atoms with Gasteiger partial charge in [-0.2, -0.15) is 0 Å². The van der Waals surface area contributed by atoms with Crippen molar-refractivity contribution in [2.45, 2.75) is 26.8 Å². The molecule has 96 valence electrons. The minimum absolute atomic E-state index is 0.116. The van der Waals surface area contributed by atoms with Crippen molar-refractivity contribution >= 4 is 9.84 Å². The summed E-state index contributed by atoms with van der Waals surface area (Å²) in [6, 6.07) is 6.03. The van der Waals surface area contributed by atoms with E-state index in [1.165, 1.54) is 6.26 Å². The molecule has 1 unspecified atom stereocenters. The molecular formula is C13H21NO2S. The van der Waals surface area contributed by atoms with Crippen molar-refractivity contribution in [2.24, 2.45) is 0 Å². The van der Waals surface area contributed by atoms with Gasteiger partial charge in [0.25, 0.3) is 0 Å². The van der Waals surface area contributed by atoms with Gasteiger partial charge >= 0.3 is 0 Å². The fourth-order valence-corrected chi connectivity index (χ4v) is 2.85. The van der Waals surface area contributed by atoms with Gasteiger partial charge in [0.2, 0.25) is 0 Å². The Labute approximate surface area is 104 Å². The largest absolute Gasteiger partial charge is 0.309 e. The monoisotopic (exact) mass is 255 g/mol. The van der Waals surface area contributed by atoms with Crippen LogP contribution in [0.5, 0.6) is 0 Å². The summed E-state index contributed by atoms with van der Waals surface area (Å²) in [6.45, 7) is 6.78. The van der Waals surface area contributed by atoms with Crippen molar-refractivity contribution in [3.8, 4) is 0 Å². The number of aryl methyl sites for hydroxylation is 2. The van der Waals surface area contributed by atoms with Crippen LogP contribution in [0.3, 0.4) is 0 Å². The second kappa shape index (κ2) is 5.65. The highest BCUT2D eigenvalue weighted by Gasteiger charge is 2.18. The van der Waals surface area contributed by atoms with Crippen LogP contribution in [0, 0.1) is 13.8 Å². The maximum atomic E-state index is 11.4. The highest BCUT2D eigenvalue weighted by molar-refractivity contribution is 7.90. The predicted molar refractivity (Wildman–Crippen MR) is 72.0 cm³/mol. The molecule has 3 nitrogen and oxygen atoms in total. The first-order valence-electron chi connectivity index (χ1n) is 5.81. The Hall–Kier alpha value is -0.870. The lowest BCUT2D eigenvalue weighted by Gasteiger charge is -2.20. The first kappa shape index (κ1) is 14.2. The van der Waals surface area contributed by atoms with Gasteiger partial charge in [0.05, 0.1) is 5.75 Å². The molecule has 0 bridgehead atoms. The predicted octanol–water partition coefficient (Wildman–Crippen LogP) is 2.00. The van der Waals surface area contributed by atoms with Crippen LogP contribution in [-0.2, 0) is 9.84 Å². The molecule has 1 aromatic carbocycles. The van der Waals surface area contributed by atoms with Gasteiger partial charge in [0, 0.05) is 12.3 Å². The maximum absolute atomic E-state index is 11.4. The van der Waals surface area contributed by atoms with Gasteiger partial charge in [0.15, 0.2) is 0 Å². The van der Waals surface area contributed by atoms with Gasteiger partial charge in [-0.05, 0) is 31.5 Å². The van der Waals surface area contributed by atoms with E-state index in [1.807, 2.05) is 32.9 Å². The first-order chi connectivity index (χ1) is 7.83. The van der Waals surface area contributed by atoms with Crippen LogP contribution in [0.2, 0.25) is 0 Å². The minimum Gasteiger partial charge on any atom is -0.309 e. The number of hydrogen-bond donors (Lipinski definition) is 1. The number of rotatable bonds is 5. The van der Waals surface area contributed by atoms with Gasteiger partial charge in [-0.25, -0.2) is 8.42 Å². The summed E-state index contributed by atoms with van der Waals surface area (Å²) in [6.07, 6.45) is 1.28. The Morgan fingerprint density at radius 1 is 1.29 bits per heavy atom. The highest BCUT2D eigenvalue weighted by Crippen LogP contribution is 2.20. The molecule has 0 radical (unpaired) electrons. The van der Waals surface area contributed by atoms with Crippen molar-refractivity contribution < 1.29 is 8.42 Å². The van der Waals surface area contributed by atoms with Crippen molar-refractivity contribution in [1.29, 1.82) is 0 Å². The molecular weight excluding hydrogens is 234 g/mol. The third kappa shape index (κ3) is 4.48. The summed E-state index contributed by atoms with van der Waals surface area (Å²) in [5.41, 5.74) is 3.37. The molecule has 1 atom stereocenters. The molecule has 0 aliphatic carbocycles. The number of benzene rings is 1. The summed E-state index contributed by atoms with van der Waals surface area (Å²) in [4.78, 5) is 0. The molecule has 0 amide bonds. The lowest BCUT2D eigenvalue weighted by Crippen LogP contribution is -2.28. The molecule has 0 fully saturated rings. The van der Waals surface area contributed by atoms with E-state index in [0.717, 1.165) is 23.2 Å². The van der Waals surface area contributed by atoms with E-state index in [-0.39, 0.29) is 11.8 Å². The molecule has 0 saturated heterocycles. The molecule has 0 saturated carbocycles. The number of hydrogen-bond acceptors (Lipinski definition) is 3. The Balaban J connectivity index is 3.08. The lowest BCUT2D eigenvalue weighted by atomic mass is 10.00. The molecule has 1 N–H and O–H groups in total. The van der Waals surface area contributed by atoms with E-state index in [9.17, 15) is 8.42 Å². The van der Waals surface area contributed by atoms with Crippen LogP contribution in [-0.4, -0.2) is 27.0 Å². The Kier molecular flexibility index (Phi) is 4.71. The van der Waals surface area contributed by atoms with Crippen LogP contribution in [0.4, 0.5) is 0 Å². The molecule has 4 heteroatoms. The van der Waals surface area contributed by atoms with Gasteiger partial charge in [0.1, 0.15) is 9.84 Å². The fraction of sp³-hybridized carbons (Fsp3) is 0.538. The quantitative estimate of drug-likeness (QED) is 0.875. The first-order valence-corrected chi connectivity index (χ1v) is 7.88. The van der Waals surface area contributed by atoms with Crippen LogP contribution < -0.4 is 5.32 Å². The van der Waals surface area contributed by atoms with Crippen LogP contribution in [0.25, 0.3) is 0 Å². The minimum atomic E-state index is -2.99. The van der Waals surface area contributed by atoms with Crippen molar-refractivity contribution in [2.75, 3.05) is 18.6 Å². The zero-order valence-electron chi connectivity index (χ0n) is 10.9. The standard InChI is InChI=1S/C13H21NO2S/c1-5-14-13(9-17(4,15)16)12-8-10(2)6-7-11(12)3/h6-8,13-14H,5,9H2,1-4H3. The third-order valence-electron chi connectivity index (χ3n) is 2.73. The van der Waals surface area contributed by atoms with E-state index >= 15 is 0 Å². The fourth-order valence-electron chi connectivity index (χ4n) is 1.94. The smallest absolute Gasteiger partial charge is 0.149 e. The summed E-state index contributed by atoms with van der Waals surface area (Å²) < 4.78 is 22.9. The van der Waals surface area contributed by atoms with E-state index in [1.54, 1.807) is 0 Å². The summed E-state index contributed by atoms with van der Waals surface area (Å²) in [7, 11) is -2.99. The Morgan fingerprint density at radius 2 is 1.94 bits per heavy atom. The van der Waals surface area contributed by atoms with Crippen LogP contribution in [0.15, 0.2) is 18.2 Å². The summed E-state index contributed by atoms with van der Waals surface area (Å²) in [5.74, 6) is 0.144. The molecule has 0 heterocycles. The van der Waals surface area contributed by atoms with Crippen molar-refractivity contribution in [3.63, 3.8) is 0 Å². The van der Waals surface area contributed by atoms with Gasteiger partial charge in [-0.3, -0.25) is 0 Å². The van der Waals surface area contributed by atoms with E-state index < -0.39 is 9.84 Å². The summed E-state index contributed by atoms with van der Waals surface area (Å²) in [5, 5.41) is 3.24. The number of sulfone groups is 1. The lowest BCUT2D eigenvalue weighted by molar-refractivity contribution is 0.561. The second-order valence-corrected chi connectivity index (χ2v) is 6.75. The van der Waals surface area contributed by atoms with Gasteiger partial charge in [-0.1, -0.05) is 30.7 Å². The molecule has 1 rings (SSSR count). The van der Waals surface area contributed by atoms with Gasteiger partial charge in [-0.15, -0.1) is 0 Å². The zero-order valence-corrected chi connectivity index (χ0v) is 11.8. The molecule has 17 heavy (non-hydrogen) atoms. The number of nitrogens with one attached hydrogen (secondary N) is 1. The average Bonchev–Trinajstić information content (AvgIpc) is 2.19. The van der Waals surface area contributed by atoms with Crippen LogP contribution >= 0.6 is 0 Å². The van der Waals surface area contributed by atoms with E-state index in [2.05, 4.69) is 11.4 Å².